The summed E-state index contributed by atoms with van der Waals surface area (Å²) >= 11 is 0. The lowest BCUT2D eigenvalue weighted by atomic mass is 10.2. The zero-order chi connectivity index (χ0) is 19.8. The number of carbonyl (C=O) groups is 2. The highest BCUT2D eigenvalue weighted by Gasteiger charge is 2.24. The van der Waals surface area contributed by atoms with Gasteiger partial charge in [-0.15, -0.1) is 0 Å². The molecule has 28 heavy (non-hydrogen) atoms. The van der Waals surface area contributed by atoms with E-state index in [4.69, 9.17) is 4.74 Å². The monoisotopic (exact) mass is 386 g/mol. The number of nitrogens with one attached hydrogen (secondary N) is 1. The van der Waals surface area contributed by atoms with Crippen LogP contribution in [0, 0.1) is 5.82 Å². The van der Waals surface area contributed by atoms with Crippen molar-refractivity contribution in [3.63, 3.8) is 0 Å². The molecule has 2 aromatic rings. The van der Waals surface area contributed by atoms with Gasteiger partial charge in [0.15, 0.2) is 0 Å². The van der Waals surface area contributed by atoms with Crippen molar-refractivity contribution in [3.8, 4) is 0 Å². The van der Waals surface area contributed by atoms with E-state index in [0.717, 1.165) is 18.4 Å². The third kappa shape index (κ3) is 5.82. The number of aromatic nitrogens is 2. The number of amides is 2. The molecule has 0 spiro atoms. The standard InChI is InChI=1S/C20H23FN4O3/c21-16-5-3-15(4-6-16)12-24-19(26)7-10-25(14-17-2-1-11-28-17)20(27)18-13-22-8-9-23-18/h3-6,8-9,13,17H,1-2,7,10-12,14H2,(H,24,26). The third-order valence-corrected chi connectivity index (χ3v) is 4.53. The van der Waals surface area contributed by atoms with E-state index in [1.165, 1.54) is 30.7 Å². The number of carbonyl (C=O) groups excluding carboxylic acids is 2. The van der Waals surface area contributed by atoms with Crippen molar-refractivity contribution in [2.75, 3.05) is 19.7 Å². The van der Waals surface area contributed by atoms with Crippen LogP contribution in [0.1, 0.15) is 35.3 Å². The van der Waals surface area contributed by atoms with Crippen LogP contribution in [-0.4, -0.2) is 52.5 Å². The minimum absolute atomic E-state index is 0.0251. The predicted octanol–water partition coefficient (Wildman–Crippen LogP) is 1.94. The zero-order valence-corrected chi connectivity index (χ0v) is 15.5. The van der Waals surface area contributed by atoms with Crippen LogP contribution >= 0.6 is 0 Å². The van der Waals surface area contributed by atoms with E-state index in [-0.39, 0.29) is 42.4 Å². The Labute approximate surface area is 162 Å². The number of halogens is 1. The highest BCUT2D eigenvalue weighted by molar-refractivity contribution is 5.92. The average molecular weight is 386 g/mol. The van der Waals surface area contributed by atoms with Gasteiger partial charge in [0.2, 0.25) is 5.91 Å². The summed E-state index contributed by atoms with van der Waals surface area (Å²) in [7, 11) is 0. The lowest BCUT2D eigenvalue weighted by molar-refractivity contribution is -0.121. The fraction of sp³-hybridized carbons (Fsp3) is 0.400. The highest BCUT2D eigenvalue weighted by atomic mass is 19.1. The van der Waals surface area contributed by atoms with Crippen LogP contribution in [0.15, 0.2) is 42.9 Å². The minimum Gasteiger partial charge on any atom is -0.376 e. The first-order valence-electron chi connectivity index (χ1n) is 9.30. The second-order valence-electron chi connectivity index (χ2n) is 6.63. The van der Waals surface area contributed by atoms with Crippen molar-refractivity contribution >= 4 is 11.8 Å². The first-order valence-corrected chi connectivity index (χ1v) is 9.30. The Morgan fingerprint density at radius 3 is 2.75 bits per heavy atom. The number of ether oxygens (including phenoxy) is 1. The molecule has 8 heteroatoms. The molecule has 2 heterocycles. The van der Waals surface area contributed by atoms with Crippen molar-refractivity contribution in [1.29, 1.82) is 0 Å². The van der Waals surface area contributed by atoms with E-state index >= 15 is 0 Å². The Balaban J connectivity index is 1.54. The largest absolute Gasteiger partial charge is 0.376 e. The van der Waals surface area contributed by atoms with Crippen LogP contribution in [0.4, 0.5) is 4.39 Å². The number of hydrogen-bond donors (Lipinski definition) is 1. The predicted molar refractivity (Wildman–Crippen MR) is 99.8 cm³/mol. The molecule has 0 bridgehead atoms. The molecule has 1 unspecified atom stereocenters. The molecule has 1 N–H and O–H groups in total. The van der Waals surface area contributed by atoms with Gasteiger partial charge in [-0.3, -0.25) is 14.6 Å². The quantitative estimate of drug-likeness (QED) is 0.750. The van der Waals surface area contributed by atoms with Gasteiger partial charge in [0.25, 0.3) is 5.91 Å². The van der Waals surface area contributed by atoms with Gasteiger partial charge in [-0.25, -0.2) is 9.37 Å². The van der Waals surface area contributed by atoms with Crippen LogP contribution in [-0.2, 0) is 16.1 Å². The summed E-state index contributed by atoms with van der Waals surface area (Å²) in [4.78, 5) is 34.5. The summed E-state index contributed by atoms with van der Waals surface area (Å²) in [6.45, 7) is 1.67. The van der Waals surface area contributed by atoms with E-state index in [9.17, 15) is 14.0 Å². The van der Waals surface area contributed by atoms with Crippen molar-refractivity contribution in [3.05, 3.63) is 59.9 Å². The Morgan fingerprint density at radius 1 is 1.25 bits per heavy atom. The molecule has 1 aliphatic heterocycles. The van der Waals surface area contributed by atoms with Gasteiger partial charge in [0, 0.05) is 45.1 Å². The molecule has 148 valence electrons. The summed E-state index contributed by atoms with van der Waals surface area (Å²) < 4.78 is 18.6. The number of rotatable bonds is 8. The molecule has 2 amide bonds. The maximum absolute atomic E-state index is 12.9. The summed E-state index contributed by atoms with van der Waals surface area (Å²) in [5.41, 5.74) is 1.05. The number of nitrogens with zero attached hydrogens (tertiary/aromatic N) is 3. The molecule has 1 aliphatic rings. The molecular formula is C20H23FN4O3. The van der Waals surface area contributed by atoms with Gasteiger partial charge in [-0.1, -0.05) is 12.1 Å². The Hall–Kier alpha value is -2.87. The van der Waals surface area contributed by atoms with Gasteiger partial charge in [0.1, 0.15) is 11.5 Å². The molecule has 7 nitrogen and oxygen atoms in total. The second-order valence-corrected chi connectivity index (χ2v) is 6.63. The maximum atomic E-state index is 12.9. The van der Waals surface area contributed by atoms with Crippen LogP contribution in [0.2, 0.25) is 0 Å². The minimum atomic E-state index is -0.317. The summed E-state index contributed by atoms with van der Waals surface area (Å²) in [6, 6.07) is 5.95. The zero-order valence-electron chi connectivity index (χ0n) is 15.5. The number of benzene rings is 1. The van der Waals surface area contributed by atoms with Crippen molar-refractivity contribution in [2.24, 2.45) is 0 Å². The van der Waals surface area contributed by atoms with Crippen molar-refractivity contribution in [1.82, 2.24) is 20.2 Å². The number of hydrogen-bond acceptors (Lipinski definition) is 5. The topological polar surface area (TPSA) is 84.4 Å². The lowest BCUT2D eigenvalue weighted by Crippen LogP contribution is -2.40. The first-order chi connectivity index (χ1) is 13.6. The van der Waals surface area contributed by atoms with Crippen LogP contribution < -0.4 is 5.32 Å². The molecule has 1 saturated heterocycles. The summed E-state index contributed by atoms with van der Waals surface area (Å²) in [5, 5.41) is 2.79. The highest BCUT2D eigenvalue weighted by Crippen LogP contribution is 2.15. The smallest absolute Gasteiger partial charge is 0.274 e. The molecule has 1 aromatic heterocycles. The second kappa shape index (κ2) is 9.89. The summed E-state index contributed by atoms with van der Waals surface area (Å²) in [5.74, 6) is -0.772. The molecule has 3 rings (SSSR count). The molecule has 0 aliphatic carbocycles. The van der Waals surface area contributed by atoms with Gasteiger partial charge in [-0.2, -0.15) is 0 Å². The fourth-order valence-electron chi connectivity index (χ4n) is 3.01. The maximum Gasteiger partial charge on any atom is 0.274 e. The summed E-state index contributed by atoms with van der Waals surface area (Å²) in [6.07, 6.45) is 6.37. The van der Waals surface area contributed by atoms with Gasteiger partial charge in [0.05, 0.1) is 12.3 Å². The molecule has 1 atom stereocenters. The lowest BCUT2D eigenvalue weighted by Gasteiger charge is -2.25. The van der Waals surface area contributed by atoms with Gasteiger partial charge in [-0.05, 0) is 30.5 Å². The van der Waals surface area contributed by atoms with Crippen LogP contribution in [0.3, 0.4) is 0 Å². The Morgan fingerprint density at radius 2 is 2.07 bits per heavy atom. The Kier molecular flexibility index (Phi) is 7.02. The van der Waals surface area contributed by atoms with E-state index in [2.05, 4.69) is 15.3 Å². The van der Waals surface area contributed by atoms with Crippen LogP contribution in [0.5, 0.6) is 0 Å². The Bertz CT molecular complexity index is 780. The van der Waals surface area contributed by atoms with Crippen molar-refractivity contribution < 1.29 is 18.7 Å². The molecule has 0 radical (unpaired) electrons. The molecular weight excluding hydrogens is 363 g/mol. The van der Waals surface area contributed by atoms with E-state index in [1.807, 2.05) is 0 Å². The first kappa shape index (κ1) is 19.9. The third-order valence-electron chi connectivity index (χ3n) is 4.53. The van der Waals surface area contributed by atoms with Gasteiger partial charge >= 0.3 is 0 Å². The molecule has 0 saturated carbocycles. The molecule has 1 aromatic carbocycles. The fourth-order valence-corrected chi connectivity index (χ4v) is 3.01. The average Bonchev–Trinajstić information content (AvgIpc) is 3.24. The SMILES string of the molecule is O=C(CCN(CC1CCCO1)C(=O)c1cnccn1)NCc1ccc(F)cc1. The molecule has 1 fully saturated rings. The van der Waals surface area contributed by atoms with E-state index < -0.39 is 0 Å². The van der Waals surface area contributed by atoms with E-state index in [0.29, 0.717) is 19.7 Å². The van der Waals surface area contributed by atoms with E-state index in [1.54, 1.807) is 17.0 Å². The van der Waals surface area contributed by atoms with Crippen molar-refractivity contribution in [2.45, 2.75) is 31.9 Å². The van der Waals surface area contributed by atoms with Crippen LogP contribution in [0.25, 0.3) is 0 Å². The van der Waals surface area contributed by atoms with Gasteiger partial charge < -0.3 is 15.0 Å². The normalized spacial score (nSPS) is 16.0.